The Morgan fingerprint density at radius 2 is 1.44 bits per heavy atom. The largest absolute Gasteiger partial charge is 0.483 e. The lowest BCUT2D eigenvalue weighted by Gasteiger charge is -2.12. The maximum Gasteiger partial charge on any atom is 0.262 e. The molecule has 4 aromatic carbocycles. The number of rotatable bonds is 7. The van der Waals surface area contributed by atoms with Crippen LogP contribution in [0.4, 0.5) is 11.4 Å². The van der Waals surface area contributed by atoms with E-state index < -0.39 is 0 Å². The predicted octanol–water partition coefficient (Wildman–Crippen LogP) is 5.80. The number of benzene rings is 4. The van der Waals surface area contributed by atoms with E-state index in [4.69, 9.17) is 4.74 Å². The fraction of sp³-hybridized carbons (Fsp3) is 0.0769. The maximum absolute atomic E-state index is 12.4. The first-order valence-corrected chi connectivity index (χ1v) is 10.9. The van der Waals surface area contributed by atoms with Gasteiger partial charge in [0.2, 0.25) is 5.91 Å². The van der Waals surface area contributed by atoms with Gasteiger partial charge >= 0.3 is 0 Å². The normalized spacial score (nSPS) is 10.5. The summed E-state index contributed by atoms with van der Waals surface area (Å²) in [7, 11) is 0. The topological polar surface area (TPSA) is 67.4 Å². The predicted molar refractivity (Wildman–Crippen MR) is 131 cm³/mol. The van der Waals surface area contributed by atoms with Gasteiger partial charge in [-0.15, -0.1) is 0 Å². The molecule has 0 radical (unpaired) electrons. The van der Waals surface area contributed by atoms with Gasteiger partial charge in [0.25, 0.3) is 5.91 Å². The molecule has 0 unspecified atom stereocenters. The van der Waals surface area contributed by atoms with E-state index in [0.29, 0.717) is 17.1 Å². The SMILES string of the molecule is O=C(COc1ccc2ccccc2c1Br)Nc1cccc(NC(=O)Cc2ccccc2)c1. The van der Waals surface area contributed by atoms with Gasteiger partial charge in [0.15, 0.2) is 6.61 Å². The highest BCUT2D eigenvalue weighted by atomic mass is 79.9. The van der Waals surface area contributed by atoms with Crippen LogP contribution in [0.15, 0.2) is 95.5 Å². The molecule has 2 amide bonds. The fourth-order valence-corrected chi connectivity index (χ4v) is 3.93. The molecule has 160 valence electrons. The van der Waals surface area contributed by atoms with E-state index in [2.05, 4.69) is 26.6 Å². The Kier molecular flexibility index (Phi) is 6.82. The number of carbonyl (C=O) groups is 2. The highest BCUT2D eigenvalue weighted by molar-refractivity contribution is 9.10. The number of hydrogen-bond acceptors (Lipinski definition) is 3. The van der Waals surface area contributed by atoms with Crippen LogP contribution in [0, 0.1) is 0 Å². The second kappa shape index (κ2) is 10.1. The number of nitrogens with one attached hydrogen (secondary N) is 2. The average Bonchev–Trinajstić information content (AvgIpc) is 2.79. The molecule has 5 nitrogen and oxygen atoms in total. The first kappa shape index (κ1) is 21.6. The minimum absolute atomic E-state index is 0.121. The number of ether oxygens (including phenoxy) is 1. The van der Waals surface area contributed by atoms with Crippen LogP contribution in [0.25, 0.3) is 10.8 Å². The monoisotopic (exact) mass is 488 g/mol. The molecule has 4 rings (SSSR count). The molecule has 0 aromatic heterocycles. The molecular formula is C26H21BrN2O3. The molecule has 0 bridgehead atoms. The molecule has 0 atom stereocenters. The van der Waals surface area contributed by atoms with Crippen molar-refractivity contribution in [3.05, 3.63) is 101 Å². The third-order valence-electron chi connectivity index (χ3n) is 4.82. The highest BCUT2D eigenvalue weighted by Crippen LogP contribution is 2.33. The fourth-order valence-electron chi connectivity index (χ4n) is 3.33. The Hall–Kier alpha value is -3.64. The average molecular weight is 489 g/mol. The third kappa shape index (κ3) is 5.53. The number of fused-ring (bicyclic) bond motifs is 1. The molecule has 0 saturated heterocycles. The van der Waals surface area contributed by atoms with Crippen LogP contribution in [0.1, 0.15) is 5.56 Å². The Bertz CT molecular complexity index is 1260. The molecule has 0 saturated carbocycles. The van der Waals surface area contributed by atoms with Gasteiger partial charge in [-0.1, -0.05) is 66.7 Å². The zero-order valence-electron chi connectivity index (χ0n) is 17.2. The number of carbonyl (C=O) groups excluding carboxylic acids is 2. The third-order valence-corrected chi connectivity index (χ3v) is 5.64. The number of amides is 2. The van der Waals surface area contributed by atoms with E-state index in [-0.39, 0.29) is 24.8 Å². The molecule has 0 spiro atoms. The van der Waals surface area contributed by atoms with Gasteiger partial charge in [-0.3, -0.25) is 9.59 Å². The van der Waals surface area contributed by atoms with E-state index in [0.717, 1.165) is 20.8 Å². The summed E-state index contributed by atoms with van der Waals surface area (Å²) in [5, 5.41) is 7.76. The van der Waals surface area contributed by atoms with Crippen molar-refractivity contribution in [2.45, 2.75) is 6.42 Å². The van der Waals surface area contributed by atoms with Gasteiger partial charge in [-0.2, -0.15) is 0 Å². The smallest absolute Gasteiger partial charge is 0.262 e. The highest BCUT2D eigenvalue weighted by Gasteiger charge is 2.10. The minimum atomic E-state index is -0.294. The van der Waals surface area contributed by atoms with Crippen molar-refractivity contribution >= 4 is 49.9 Å². The summed E-state index contributed by atoms with van der Waals surface area (Å²) in [6.07, 6.45) is 0.284. The van der Waals surface area contributed by atoms with Crippen molar-refractivity contribution < 1.29 is 14.3 Å². The Morgan fingerprint density at radius 3 is 2.22 bits per heavy atom. The van der Waals surface area contributed by atoms with Gasteiger partial charge in [0, 0.05) is 11.4 Å². The van der Waals surface area contributed by atoms with Gasteiger partial charge in [0.1, 0.15) is 5.75 Å². The Balaban J connectivity index is 1.34. The summed E-state index contributed by atoms with van der Waals surface area (Å²) < 4.78 is 6.52. The lowest BCUT2D eigenvalue weighted by atomic mass is 10.1. The molecule has 32 heavy (non-hydrogen) atoms. The first-order chi connectivity index (χ1) is 15.6. The first-order valence-electron chi connectivity index (χ1n) is 10.1. The number of halogens is 1. The summed E-state index contributed by atoms with van der Waals surface area (Å²) in [6.45, 7) is -0.137. The van der Waals surface area contributed by atoms with Crippen molar-refractivity contribution in [1.29, 1.82) is 0 Å². The zero-order valence-corrected chi connectivity index (χ0v) is 18.8. The van der Waals surface area contributed by atoms with Crippen molar-refractivity contribution in [2.75, 3.05) is 17.2 Å². The Labute approximate surface area is 194 Å². The zero-order chi connectivity index (χ0) is 22.3. The quantitative estimate of drug-likeness (QED) is 0.345. The number of anilines is 2. The Morgan fingerprint density at radius 1 is 0.750 bits per heavy atom. The summed E-state index contributed by atoms with van der Waals surface area (Å²) in [5.74, 6) is 0.183. The summed E-state index contributed by atoms with van der Waals surface area (Å²) in [5.41, 5.74) is 2.13. The van der Waals surface area contributed by atoms with Crippen molar-refractivity contribution in [2.24, 2.45) is 0 Å². The lowest BCUT2D eigenvalue weighted by molar-refractivity contribution is -0.118. The molecule has 4 aromatic rings. The number of hydrogen-bond donors (Lipinski definition) is 2. The molecule has 2 N–H and O–H groups in total. The van der Waals surface area contributed by atoms with Crippen molar-refractivity contribution in [3.63, 3.8) is 0 Å². The molecular weight excluding hydrogens is 468 g/mol. The second-order valence-corrected chi connectivity index (χ2v) is 8.02. The molecule has 0 fully saturated rings. The van der Waals surface area contributed by atoms with E-state index in [1.807, 2.05) is 66.7 Å². The van der Waals surface area contributed by atoms with Crippen LogP contribution < -0.4 is 15.4 Å². The molecule has 6 heteroatoms. The van der Waals surface area contributed by atoms with Gasteiger partial charge < -0.3 is 15.4 Å². The standard InChI is InChI=1S/C26H21BrN2O3/c27-26-22-12-5-4-9-19(22)13-14-23(26)32-17-25(31)29-21-11-6-10-20(16-21)28-24(30)15-18-7-2-1-3-8-18/h1-14,16H,15,17H2,(H,28,30)(H,29,31). The van der Waals surface area contributed by atoms with Gasteiger partial charge in [-0.05, 0) is 56.5 Å². The van der Waals surface area contributed by atoms with Gasteiger partial charge in [0.05, 0.1) is 10.9 Å². The minimum Gasteiger partial charge on any atom is -0.483 e. The van der Waals surface area contributed by atoms with Crippen molar-refractivity contribution in [1.82, 2.24) is 0 Å². The van der Waals surface area contributed by atoms with E-state index in [1.165, 1.54) is 0 Å². The summed E-state index contributed by atoms with van der Waals surface area (Å²) in [6, 6.07) is 28.3. The summed E-state index contributed by atoms with van der Waals surface area (Å²) >= 11 is 3.56. The molecule has 0 aliphatic rings. The second-order valence-electron chi connectivity index (χ2n) is 7.23. The van der Waals surface area contributed by atoms with Crippen LogP contribution >= 0.6 is 15.9 Å². The summed E-state index contributed by atoms with van der Waals surface area (Å²) in [4.78, 5) is 24.7. The van der Waals surface area contributed by atoms with Crippen LogP contribution in [0.2, 0.25) is 0 Å². The van der Waals surface area contributed by atoms with E-state index in [1.54, 1.807) is 24.3 Å². The molecule has 0 aliphatic carbocycles. The van der Waals surface area contributed by atoms with E-state index >= 15 is 0 Å². The van der Waals surface area contributed by atoms with Crippen LogP contribution in [-0.2, 0) is 16.0 Å². The molecule has 0 heterocycles. The maximum atomic E-state index is 12.4. The van der Waals surface area contributed by atoms with Gasteiger partial charge in [-0.25, -0.2) is 0 Å². The molecule has 0 aliphatic heterocycles. The lowest BCUT2D eigenvalue weighted by Crippen LogP contribution is -2.20. The van der Waals surface area contributed by atoms with Crippen LogP contribution in [0.3, 0.4) is 0 Å². The van der Waals surface area contributed by atoms with Crippen LogP contribution in [0.5, 0.6) is 5.75 Å². The van der Waals surface area contributed by atoms with Crippen molar-refractivity contribution in [3.8, 4) is 5.75 Å². The van der Waals surface area contributed by atoms with E-state index in [9.17, 15) is 9.59 Å². The van der Waals surface area contributed by atoms with Crippen LogP contribution in [-0.4, -0.2) is 18.4 Å².